The van der Waals surface area contributed by atoms with Crippen LogP contribution < -0.4 is 5.01 Å². The minimum Gasteiger partial charge on any atom is -0.258 e. The Morgan fingerprint density at radius 3 is 2.50 bits per heavy atom. The highest BCUT2D eigenvalue weighted by atomic mass is 16.6. The van der Waals surface area contributed by atoms with Crippen molar-refractivity contribution in [3.63, 3.8) is 0 Å². The van der Waals surface area contributed by atoms with Crippen LogP contribution in [0.3, 0.4) is 0 Å². The number of benzene rings is 1. The third-order valence-corrected chi connectivity index (χ3v) is 6.41. The third-order valence-electron chi connectivity index (χ3n) is 6.41. The quantitative estimate of drug-likeness (QED) is 0.455. The van der Waals surface area contributed by atoms with Gasteiger partial charge in [-0.25, -0.2) is 0 Å². The van der Waals surface area contributed by atoms with Crippen molar-refractivity contribution in [1.82, 2.24) is 0 Å². The van der Waals surface area contributed by atoms with E-state index in [4.69, 9.17) is 0 Å². The van der Waals surface area contributed by atoms with Gasteiger partial charge in [-0.2, -0.15) is 0 Å². The molecule has 8 nitrogen and oxygen atoms in total. The molecule has 0 saturated heterocycles. The molecular weight excluding hydrogens is 336 g/mol. The van der Waals surface area contributed by atoms with Crippen molar-refractivity contribution in [2.45, 2.75) is 45.6 Å². The van der Waals surface area contributed by atoms with Gasteiger partial charge in [0.25, 0.3) is 5.69 Å². The van der Waals surface area contributed by atoms with E-state index < -0.39 is 9.85 Å². The molecule has 1 aromatic rings. The van der Waals surface area contributed by atoms with Crippen LogP contribution in [0.15, 0.2) is 18.2 Å². The van der Waals surface area contributed by atoms with Crippen LogP contribution in [0, 0.1) is 38.0 Å². The van der Waals surface area contributed by atoms with Crippen molar-refractivity contribution < 1.29 is 14.5 Å². The molecule has 0 unspecified atom stereocenters. The topological polar surface area (TPSA) is 92.5 Å². The molecule has 3 aliphatic rings. The van der Waals surface area contributed by atoms with Crippen molar-refractivity contribution >= 4 is 22.8 Å². The smallest absolute Gasteiger partial charge is 0.258 e. The second-order valence-electron chi connectivity index (χ2n) is 7.44. The molecule has 2 aliphatic carbocycles. The van der Waals surface area contributed by atoms with Crippen LogP contribution in [0.1, 0.15) is 39.5 Å². The maximum atomic E-state index is 11.7. The number of hydrazine groups is 1. The zero-order valence-corrected chi connectivity index (χ0v) is 15.0. The molecule has 26 heavy (non-hydrogen) atoms. The number of non-ortho nitro benzene ring substituents is 1. The fraction of sp³-hybridized carbons (Fsp3) is 0.611. The van der Waals surface area contributed by atoms with E-state index in [0.29, 0.717) is 23.4 Å². The van der Waals surface area contributed by atoms with Gasteiger partial charge in [-0.3, -0.25) is 20.2 Å². The molecule has 1 heterocycles. The summed E-state index contributed by atoms with van der Waals surface area (Å²) in [6.45, 7) is 4.95. The van der Waals surface area contributed by atoms with Gasteiger partial charge in [0.05, 0.1) is 21.8 Å². The van der Waals surface area contributed by atoms with Gasteiger partial charge in [0.1, 0.15) is 6.04 Å². The molecule has 0 amide bonds. The van der Waals surface area contributed by atoms with Crippen LogP contribution in [-0.4, -0.2) is 32.8 Å². The Morgan fingerprint density at radius 2 is 1.88 bits per heavy atom. The molecule has 2 bridgehead atoms. The van der Waals surface area contributed by atoms with Crippen LogP contribution >= 0.6 is 0 Å². The molecule has 1 aliphatic heterocycles. The Kier molecular flexibility index (Phi) is 3.93. The lowest BCUT2D eigenvalue weighted by atomic mass is 9.81. The Bertz CT molecular complexity index is 821. The number of nitro benzene ring substituents is 2. The van der Waals surface area contributed by atoms with Crippen molar-refractivity contribution in [3.05, 3.63) is 38.4 Å². The van der Waals surface area contributed by atoms with Crippen LogP contribution in [-0.2, 0) is 0 Å². The van der Waals surface area contributed by atoms with Crippen molar-refractivity contribution in [1.29, 1.82) is 0 Å². The maximum Gasteiger partial charge on any atom is 0.305 e. The first-order valence-electron chi connectivity index (χ1n) is 9.33. The second-order valence-corrected chi connectivity index (χ2v) is 7.44. The first-order valence-corrected chi connectivity index (χ1v) is 9.33. The zero-order valence-electron chi connectivity index (χ0n) is 15.0. The molecule has 1 aromatic carbocycles. The first-order chi connectivity index (χ1) is 12.5. The number of hydrogen-bond acceptors (Lipinski definition) is 5. The lowest BCUT2D eigenvalue weighted by molar-refractivity contribution is -0.536. The van der Waals surface area contributed by atoms with E-state index in [9.17, 15) is 20.2 Å². The molecule has 4 rings (SSSR count). The Balaban J connectivity index is 1.87. The zero-order chi connectivity index (χ0) is 18.6. The lowest BCUT2D eigenvalue weighted by Gasteiger charge is -2.28. The highest BCUT2D eigenvalue weighted by Gasteiger charge is 2.61. The average Bonchev–Trinajstić information content (AvgIpc) is 3.31. The summed E-state index contributed by atoms with van der Waals surface area (Å²) < 4.78 is 2.19. The summed E-state index contributed by atoms with van der Waals surface area (Å²) in [5.74, 6) is 1.66. The van der Waals surface area contributed by atoms with E-state index in [0.717, 1.165) is 25.5 Å². The van der Waals surface area contributed by atoms with Crippen molar-refractivity contribution in [2.24, 2.45) is 17.8 Å². The van der Waals surface area contributed by atoms with E-state index in [-0.39, 0.29) is 17.4 Å². The number of fused-ring (bicyclic) bond motifs is 5. The standard InChI is InChI=1S/C18H23N4O4/c1-3-14-17-11-5-6-12(9-11)18(17)20(19(14)4-2)15-8-7-13(21(23)24)10-16(15)22(25)26/h7-8,10-12,17-18H,3-6,9H2,1-2H3/q+1/t11-,12+,17-,18-/m1/s1. The summed E-state index contributed by atoms with van der Waals surface area (Å²) in [6, 6.07) is 4.27. The van der Waals surface area contributed by atoms with E-state index in [1.54, 1.807) is 6.07 Å². The van der Waals surface area contributed by atoms with Gasteiger partial charge in [0, 0.05) is 12.5 Å². The fourth-order valence-corrected chi connectivity index (χ4v) is 5.58. The molecule has 0 N–H and O–H groups in total. The number of nitrogens with zero attached hydrogens (tertiary/aromatic N) is 4. The van der Waals surface area contributed by atoms with E-state index in [1.807, 2.05) is 0 Å². The summed E-state index contributed by atoms with van der Waals surface area (Å²) in [5.41, 5.74) is 1.41. The number of anilines is 1. The Hall–Kier alpha value is -2.51. The maximum absolute atomic E-state index is 11.7. The molecule has 2 saturated carbocycles. The fourth-order valence-electron chi connectivity index (χ4n) is 5.58. The highest BCUT2D eigenvalue weighted by Crippen LogP contribution is 2.55. The monoisotopic (exact) mass is 359 g/mol. The normalized spacial score (nSPS) is 29.4. The van der Waals surface area contributed by atoms with Gasteiger partial charge in [0.2, 0.25) is 0 Å². The van der Waals surface area contributed by atoms with Gasteiger partial charge in [0.15, 0.2) is 17.9 Å². The molecular formula is C18H23N4O4+. The molecule has 4 atom stereocenters. The SMILES string of the molecule is CCC1=[N+](CC)N(c2ccc([N+](=O)[O-])cc2[N+](=O)[O-])[C@@H]2[C@H]3CC[C@H](C3)[C@H]12. The van der Waals surface area contributed by atoms with Gasteiger partial charge in [-0.1, -0.05) is 6.92 Å². The average molecular weight is 359 g/mol. The van der Waals surface area contributed by atoms with Crippen LogP contribution in [0.25, 0.3) is 0 Å². The molecule has 2 fully saturated rings. The van der Waals surface area contributed by atoms with Crippen LogP contribution in [0.4, 0.5) is 17.1 Å². The molecule has 0 aromatic heterocycles. The predicted octanol–water partition coefficient (Wildman–Crippen LogP) is 3.54. The van der Waals surface area contributed by atoms with Gasteiger partial charge < -0.3 is 0 Å². The largest absolute Gasteiger partial charge is 0.305 e. The number of rotatable bonds is 5. The summed E-state index contributed by atoms with van der Waals surface area (Å²) in [5, 5.41) is 24.8. The minimum absolute atomic E-state index is 0.184. The lowest BCUT2D eigenvalue weighted by Crippen LogP contribution is -2.43. The number of hydrazone groups is 1. The molecule has 8 heteroatoms. The predicted molar refractivity (Wildman–Crippen MR) is 96.4 cm³/mol. The summed E-state index contributed by atoms with van der Waals surface area (Å²) >= 11 is 0. The van der Waals surface area contributed by atoms with E-state index >= 15 is 0 Å². The van der Waals surface area contributed by atoms with Crippen LogP contribution in [0.2, 0.25) is 0 Å². The van der Waals surface area contributed by atoms with Crippen molar-refractivity contribution in [2.75, 3.05) is 11.6 Å². The third kappa shape index (κ3) is 2.24. The number of hydrogen-bond donors (Lipinski definition) is 0. The minimum atomic E-state index is -0.581. The Morgan fingerprint density at radius 1 is 1.15 bits per heavy atom. The van der Waals surface area contributed by atoms with Gasteiger partial charge >= 0.3 is 5.69 Å². The van der Waals surface area contributed by atoms with Crippen molar-refractivity contribution in [3.8, 4) is 0 Å². The van der Waals surface area contributed by atoms with E-state index in [2.05, 4.69) is 23.5 Å². The first kappa shape index (κ1) is 16.9. The molecule has 0 spiro atoms. The summed E-state index contributed by atoms with van der Waals surface area (Å²) in [4.78, 5) is 21.7. The summed E-state index contributed by atoms with van der Waals surface area (Å²) in [6.07, 6.45) is 4.52. The summed E-state index contributed by atoms with van der Waals surface area (Å²) in [7, 11) is 0. The highest BCUT2D eigenvalue weighted by molar-refractivity contribution is 5.87. The van der Waals surface area contributed by atoms with E-state index in [1.165, 1.54) is 24.6 Å². The number of nitro groups is 2. The second kappa shape index (κ2) is 6.03. The van der Waals surface area contributed by atoms with Gasteiger partial charge in [-0.05, 0) is 44.1 Å². The Labute approximate surface area is 151 Å². The van der Waals surface area contributed by atoms with Crippen LogP contribution in [0.5, 0.6) is 0 Å². The molecule has 138 valence electrons. The molecule has 0 radical (unpaired) electrons. The van der Waals surface area contributed by atoms with Gasteiger partial charge in [-0.15, -0.1) is 9.69 Å².